The third-order valence-corrected chi connectivity index (χ3v) is 2.84. The van der Waals surface area contributed by atoms with Crippen LogP contribution in [0, 0.1) is 0 Å². The van der Waals surface area contributed by atoms with Crippen molar-refractivity contribution >= 4 is 0 Å². The van der Waals surface area contributed by atoms with Crippen molar-refractivity contribution in [2.45, 2.75) is 31.8 Å². The van der Waals surface area contributed by atoms with Crippen molar-refractivity contribution in [1.29, 1.82) is 0 Å². The second-order valence-electron chi connectivity index (χ2n) is 5.26. The van der Waals surface area contributed by atoms with Gasteiger partial charge in [-0.25, -0.2) is 0 Å². The summed E-state index contributed by atoms with van der Waals surface area (Å²) < 4.78 is 0. The lowest BCUT2D eigenvalue weighted by Crippen LogP contribution is -2.35. The minimum absolute atomic E-state index is 0.345. The molecule has 0 fully saturated rings. The first kappa shape index (κ1) is 15.8. The predicted octanol–water partition coefficient (Wildman–Crippen LogP) is 0.360. The normalized spacial score (nSPS) is 15.8. The Bertz CT molecular complexity index is 172. The maximum atomic E-state index is 9.73. The van der Waals surface area contributed by atoms with E-state index in [0.29, 0.717) is 6.54 Å². The van der Waals surface area contributed by atoms with Gasteiger partial charge in [-0.15, -0.1) is 0 Å². The summed E-state index contributed by atoms with van der Waals surface area (Å²) in [7, 11) is 6.32. The van der Waals surface area contributed by atoms with Gasteiger partial charge in [-0.1, -0.05) is 0 Å². The third kappa shape index (κ3) is 9.09. The summed E-state index contributed by atoms with van der Waals surface area (Å²) in [5.41, 5.74) is 4.78. The molecule has 1 atom stereocenters. The Morgan fingerprint density at radius 1 is 1.06 bits per heavy atom. The molecule has 4 nitrogen and oxygen atoms in total. The first-order valence-corrected chi connectivity index (χ1v) is 6.13. The van der Waals surface area contributed by atoms with Gasteiger partial charge in [0.15, 0.2) is 0 Å². The summed E-state index contributed by atoms with van der Waals surface area (Å²) in [4.78, 5) is 4.52. The molecule has 0 aromatic rings. The molecule has 0 aliphatic heterocycles. The molecule has 0 bridgehead atoms. The zero-order chi connectivity index (χ0) is 12.6. The molecule has 0 aromatic heterocycles. The van der Waals surface area contributed by atoms with Gasteiger partial charge in [0.1, 0.15) is 0 Å². The smallest absolute Gasteiger partial charge is 0.0741 e. The first-order chi connectivity index (χ1) is 7.37. The average Bonchev–Trinajstić information content (AvgIpc) is 2.17. The molecule has 0 saturated carbocycles. The van der Waals surface area contributed by atoms with E-state index < -0.39 is 5.60 Å². The molecule has 0 heterocycles. The van der Waals surface area contributed by atoms with Gasteiger partial charge in [-0.05, 0) is 67.0 Å². The second-order valence-corrected chi connectivity index (χ2v) is 5.26. The highest BCUT2D eigenvalue weighted by molar-refractivity contribution is 4.73. The van der Waals surface area contributed by atoms with Crippen LogP contribution in [0.3, 0.4) is 0 Å². The van der Waals surface area contributed by atoms with E-state index in [4.69, 9.17) is 5.73 Å². The lowest BCUT2D eigenvalue weighted by atomic mass is 10.0. The number of rotatable bonds is 9. The van der Waals surface area contributed by atoms with Gasteiger partial charge >= 0.3 is 0 Å². The number of nitrogens with zero attached hydrogens (tertiary/aromatic N) is 2. The summed E-state index contributed by atoms with van der Waals surface area (Å²) in [5, 5.41) is 9.73. The van der Waals surface area contributed by atoms with E-state index in [1.54, 1.807) is 6.92 Å². The van der Waals surface area contributed by atoms with Crippen LogP contribution >= 0.6 is 0 Å². The van der Waals surface area contributed by atoms with Crippen molar-refractivity contribution in [2.75, 3.05) is 47.3 Å². The first-order valence-electron chi connectivity index (χ1n) is 6.13. The Kier molecular flexibility index (Phi) is 7.93. The maximum absolute atomic E-state index is 9.73. The fourth-order valence-electron chi connectivity index (χ4n) is 1.60. The van der Waals surface area contributed by atoms with Crippen LogP contribution in [0.4, 0.5) is 0 Å². The van der Waals surface area contributed by atoms with E-state index in [0.717, 1.165) is 32.5 Å². The van der Waals surface area contributed by atoms with Crippen LogP contribution in [0.5, 0.6) is 0 Å². The van der Waals surface area contributed by atoms with Crippen LogP contribution in [0.25, 0.3) is 0 Å². The standard InChI is InChI=1S/C12H29N3O/c1-12(16,11-13)7-5-9-15(4)10-6-8-14(2)3/h16H,5-11,13H2,1-4H3. The van der Waals surface area contributed by atoms with Crippen LogP contribution < -0.4 is 5.73 Å². The minimum Gasteiger partial charge on any atom is -0.389 e. The van der Waals surface area contributed by atoms with Crippen molar-refractivity contribution in [3.63, 3.8) is 0 Å². The van der Waals surface area contributed by atoms with Gasteiger partial charge < -0.3 is 20.6 Å². The van der Waals surface area contributed by atoms with E-state index in [2.05, 4.69) is 30.9 Å². The van der Waals surface area contributed by atoms with Crippen LogP contribution in [0.1, 0.15) is 26.2 Å². The molecule has 1 unspecified atom stereocenters. The van der Waals surface area contributed by atoms with Crippen molar-refractivity contribution in [1.82, 2.24) is 9.80 Å². The van der Waals surface area contributed by atoms with Gasteiger partial charge in [0.05, 0.1) is 5.60 Å². The Balaban J connectivity index is 3.47. The maximum Gasteiger partial charge on any atom is 0.0741 e. The van der Waals surface area contributed by atoms with Crippen LogP contribution in [-0.2, 0) is 0 Å². The summed E-state index contributed by atoms with van der Waals surface area (Å²) >= 11 is 0. The zero-order valence-electron chi connectivity index (χ0n) is 11.4. The number of hydrogen-bond donors (Lipinski definition) is 2. The monoisotopic (exact) mass is 231 g/mol. The molecule has 0 aromatic carbocycles. The average molecular weight is 231 g/mol. The summed E-state index contributed by atoms with van der Waals surface area (Å²) in [6.45, 7) is 5.42. The number of aliphatic hydroxyl groups is 1. The minimum atomic E-state index is -0.690. The fraction of sp³-hybridized carbons (Fsp3) is 1.00. The van der Waals surface area contributed by atoms with E-state index >= 15 is 0 Å². The molecule has 0 aliphatic carbocycles. The van der Waals surface area contributed by atoms with Crippen LogP contribution in [0.15, 0.2) is 0 Å². The summed E-state index contributed by atoms with van der Waals surface area (Å²) in [6.07, 6.45) is 2.97. The third-order valence-electron chi connectivity index (χ3n) is 2.84. The van der Waals surface area contributed by atoms with E-state index in [1.165, 1.54) is 6.42 Å². The van der Waals surface area contributed by atoms with Gasteiger partial charge in [-0.2, -0.15) is 0 Å². The summed E-state index contributed by atoms with van der Waals surface area (Å²) in [6, 6.07) is 0. The molecule has 0 aliphatic rings. The van der Waals surface area contributed by atoms with Crippen molar-refractivity contribution in [3.05, 3.63) is 0 Å². The number of hydrogen-bond acceptors (Lipinski definition) is 4. The highest BCUT2D eigenvalue weighted by Crippen LogP contribution is 2.10. The van der Waals surface area contributed by atoms with Crippen LogP contribution in [-0.4, -0.2) is 67.8 Å². The largest absolute Gasteiger partial charge is 0.389 e. The molecule has 0 rings (SSSR count). The molecule has 16 heavy (non-hydrogen) atoms. The molecule has 0 saturated heterocycles. The van der Waals surface area contributed by atoms with E-state index in [1.807, 2.05) is 0 Å². The molecule has 4 heteroatoms. The highest BCUT2D eigenvalue weighted by atomic mass is 16.3. The van der Waals surface area contributed by atoms with E-state index in [-0.39, 0.29) is 0 Å². The fourth-order valence-corrected chi connectivity index (χ4v) is 1.60. The topological polar surface area (TPSA) is 52.7 Å². The molecular weight excluding hydrogens is 202 g/mol. The molecule has 3 N–H and O–H groups in total. The van der Waals surface area contributed by atoms with Gasteiger partial charge in [0.2, 0.25) is 0 Å². The Labute approximate surface area is 100 Å². The Morgan fingerprint density at radius 2 is 1.62 bits per heavy atom. The molecule has 98 valence electrons. The Hall–Kier alpha value is -0.160. The van der Waals surface area contributed by atoms with Crippen molar-refractivity contribution in [2.24, 2.45) is 5.73 Å². The van der Waals surface area contributed by atoms with Crippen LogP contribution in [0.2, 0.25) is 0 Å². The molecular formula is C12H29N3O. The Morgan fingerprint density at radius 3 is 2.12 bits per heavy atom. The molecule has 0 spiro atoms. The number of nitrogens with two attached hydrogens (primary N) is 1. The quantitative estimate of drug-likeness (QED) is 0.601. The summed E-state index contributed by atoms with van der Waals surface area (Å²) in [5.74, 6) is 0. The highest BCUT2D eigenvalue weighted by Gasteiger charge is 2.17. The SMILES string of the molecule is CN(C)CCCN(C)CCCC(C)(O)CN. The molecule has 0 radical (unpaired) electrons. The van der Waals surface area contributed by atoms with Gasteiger partial charge in [-0.3, -0.25) is 0 Å². The lowest BCUT2D eigenvalue weighted by Gasteiger charge is -2.23. The second kappa shape index (κ2) is 8.01. The predicted molar refractivity (Wildman–Crippen MR) is 69.6 cm³/mol. The van der Waals surface area contributed by atoms with Crippen molar-refractivity contribution < 1.29 is 5.11 Å². The van der Waals surface area contributed by atoms with Crippen molar-refractivity contribution in [3.8, 4) is 0 Å². The zero-order valence-corrected chi connectivity index (χ0v) is 11.4. The molecule has 0 amide bonds. The van der Waals surface area contributed by atoms with Gasteiger partial charge in [0, 0.05) is 6.54 Å². The van der Waals surface area contributed by atoms with Gasteiger partial charge in [0.25, 0.3) is 0 Å². The van der Waals surface area contributed by atoms with E-state index in [9.17, 15) is 5.11 Å². The lowest BCUT2D eigenvalue weighted by molar-refractivity contribution is 0.0552.